The molecule has 8 heteroatoms. The van der Waals surface area contributed by atoms with Crippen LogP contribution in [0.5, 0.6) is 5.75 Å². The van der Waals surface area contributed by atoms with Crippen LogP contribution < -0.4 is 4.74 Å². The van der Waals surface area contributed by atoms with E-state index in [0.717, 1.165) is 17.7 Å². The van der Waals surface area contributed by atoms with Gasteiger partial charge in [-0.1, -0.05) is 30.3 Å². The number of hydrogen-bond donors (Lipinski definition) is 0. The van der Waals surface area contributed by atoms with Crippen molar-refractivity contribution < 1.29 is 32.6 Å². The Labute approximate surface area is 192 Å². The molecule has 1 aliphatic heterocycles. The van der Waals surface area contributed by atoms with E-state index < -0.39 is 41.1 Å². The zero-order chi connectivity index (χ0) is 24.2. The number of piperidine rings is 1. The van der Waals surface area contributed by atoms with Gasteiger partial charge in [0.15, 0.2) is 0 Å². The first-order valence-corrected chi connectivity index (χ1v) is 10.8. The summed E-state index contributed by atoms with van der Waals surface area (Å²) in [6, 6.07) is 11.3. The minimum atomic E-state index is -0.944. The molecule has 1 saturated heterocycles. The first-order valence-electron chi connectivity index (χ1n) is 10.8. The Hall–Kier alpha value is -3.16. The van der Waals surface area contributed by atoms with Crippen molar-refractivity contribution in [2.24, 2.45) is 5.92 Å². The van der Waals surface area contributed by atoms with E-state index in [-0.39, 0.29) is 37.4 Å². The van der Waals surface area contributed by atoms with Crippen LogP contribution in [0.25, 0.3) is 0 Å². The van der Waals surface area contributed by atoms with Crippen LogP contribution in [-0.2, 0) is 20.9 Å². The Balaban J connectivity index is 1.87. The predicted octanol–water partition coefficient (Wildman–Crippen LogP) is 5.06. The van der Waals surface area contributed by atoms with Gasteiger partial charge in [-0.3, -0.25) is 4.79 Å². The number of hydrogen-bond acceptors (Lipinski definition) is 5. The molecular weight excluding hydrogens is 432 g/mol. The van der Waals surface area contributed by atoms with Gasteiger partial charge in [0.05, 0.1) is 13.0 Å². The lowest BCUT2D eigenvalue weighted by atomic mass is 9.80. The van der Waals surface area contributed by atoms with Gasteiger partial charge in [-0.15, -0.1) is 0 Å². The average molecular weight is 462 g/mol. The number of methoxy groups -OCH3 is 1. The summed E-state index contributed by atoms with van der Waals surface area (Å²) in [6.07, 6.45) is -0.416. The molecule has 2 aromatic carbocycles. The minimum Gasteiger partial charge on any atom is -0.497 e. The summed E-state index contributed by atoms with van der Waals surface area (Å²) < 4.78 is 45.8. The van der Waals surface area contributed by atoms with Crippen LogP contribution >= 0.6 is 0 Å². The smallest absolute Gasteiger partial charge is 0.410 e. The van der Waals surface area contributed by atoms with Gasteiger partial charge in [-0.2, -0.15) is 0 Å². The molecule has 1 fully saturated rings. The highest BCUT2D eigenvalue weighted by Crippen LogP contribution is 2.38. The normalized spacial score (nSPS) is 18.5. The molecule has 1 heterocycles. The Morgan fingerprint density at radius 3 is 2.30 bits per heavy atom. The Bertz CT molecular complexity index is 967. The molecule has 1 amide bonds. The van der Waals surface area contributed by atoms with E-state index in [1.807, 2.05) is 30.3 Å². The van der Waals surface area contributed by atoms with Crippen molar-refractivity contribution in [1.82, 2.24) is 4.90 Å². The topological polar surface area (TPSA) is 65.1 Å². The van der Waals surface area contributed by atoms with Gasteiger partial charge in [-0.25, -0.2) is 13.6 Å². The summed E-state index contributed by atoms with van der Waals surface area (Å²) in [6.45, 7) is 5.37. The van der Waals surface area contributed by atoms with E-state index in [1.165, 1.54) is 12.0 Å². The molecule has 0 aliphatic carbocycles. The monoisotopic (exact) mass is 461 g/mol. The summed E-state index contributed by atoms with van der Waals surface area (Å²) in [5.41, 5.74) is -0.199. The van der Waals surface area contributed by atoms with E-state index in [1.54, 1.807) is 20.8 Å². The van der Waals surface area contributed by atoms with Gasteiger partial charge in [-0.05, 0) is 32.8 Å². The predicted molar refractivity (Wildman–Crippen MR) is 118 cm³/mol. The third-order valence-corrected chi connectivity index (χ3v) is 5.45. The lowest BCUT2D eigenvalue weighted by Crippen LogP contribution is -2.47. The molecule has 3 rings (SSSR count). The Kier molecular flexibility index (Phi) is 7.56. The summed E-state index contributed by atoms with van der Waals surface area (Å²) >= 11 is 0. The molecule has 6 nitrogen and oxygen atoms in total. The zero-order valence-corrected chi connectivity index (χ0v) is 19.3. The molecule has 33 heavy (non-hydrogen) atoms. The second-order valence-corrected chi connectivity index (χ2v) is 9.03. The molecule has 0 spiro atoms. The van der Waals surface area contributed by atoms with Crippen LogP contribution in [-0.4, -0.2) is 42.8 Å². The number of ether oxygens (including phenoxy) is 3. The summed E-state index contributed by atoms with van der Waals surface area (Å²) in [7, 11) is 1.31. The molecule has 1 aliphatic rings. The minimum absolute atomic E-state index is 0.0248. The molecule has 0 bridgehead atoms. The largest absolute Gasteiger partial charge is 0.497 e. The third kappa shape index (κ3) is 6.21. The van der Waals surface area contributed by atoms with Crippen LogP contribution in [0.2, 0.25) is 0 Å². The van der Waals surface area contributed by atoms with Crippen molar-refractivity contribution in [3.63, 3.8) is 0 Å². The van der Waals surface area contributed by atoms with Crippen molar-refractivity contribution in [1.29, 1.82) is 0 Å². The maximum atomic E-state index is 15.0. The van der Waals surface area contributed by atoms with Gasteiger partial charge in [0, 0.05) is 36.7 Å². The number of carbonyl (C=O) groups is 2. The fourth-order valence-corrected chi connectivity index (χ4v) is 3.89. The first kappa shape index (κ1) is 24.5. The molecule has 2 atom stereocenters. The van der Waals surface area contributed by atoms with Crippen LogP contribution in [0, 0.1) is 17.6 Å². The maximum Gasteiger partial charge on any atom is 0.410 e. The maximum absolute atomic E-state index is 15.0. The van der Waals surface area contributed by atoms with Crippen LogP contribution in [0.1, 0.15) is 44.2 Å². The number of halogens is 2. The second kappa shape index (κ2) is 10.2. The van der Waals surface area contributed by atoms with Crippen LogP contribution in [0.15, 0.2) is 42.5 Å². The fraction of sp³-hybridized carbons (Fsp3) is 0.440. The molecular formula is C25H29F2NO5. The second-order valence-electron chi connectivity index (χ2n) is 9.03. The van der Waals surface area contributed by atoms with Gasteiger partial charge in [0.25, 0.3) is 0 Å². The molecule has 0 radical (unpaired) electrons. The molecule has 0 N–H and O–H groups in total. The summed E-state index contributed by atoms with van der Waals surface area (Å²) in [5, 5.41) is 0. The van der Waals surface area contributed by atoms with Crippen molar-refractivity contribution in [3.8, 4) is 5.75 Å². The lowest BCUT2D eigenvalue weighted by Gasteiger charge is -2.38. The number of rotatable bonds is 5. The number of nitrogens with zero attached hydrogens (tertiary/aromatic N) is 1. The van der Waals surface area contributed by atoms with E-state index in [9.17, 15) is 18.4 Å². The summed E-state index contributed by atoms with van der Waals surface area (Å²) in [5.74, 6) is -4.00. The Morgan fingerprint density at radius 2 is 1.73 bits per heavy atom. The molecule has 0 aromatic heterocycles. The van der Waals surface area contributed by atoms with Gasteiger partial charge in [0.1, 0.15) is 29.6 Å². The lowest BCUT2D eigenvalue weighted by molar-refractivity contribution is -0.152. The van der Waals surface area contributed by atoms with E-state index in [2.05, 4.69) is 0 Å². The third-order valence-electron chi connectivity index (χ3n) is 5.45. The average Bonchev–Trinajstić information content (AvgIpc) is 2.76. The van der Waals surface area contributed by atoms with E-state index >= 15 is 0 Å². The molecule has 178 valence electrons. The van der Waals surface area contributed by atoms with Gasteiger partial charge in [0.2, 0.25) is 0 Å². The number of benzene rings is 2. The van der Waals surface area contributed by atoms with Crippen molar-refractivity contribution in [3.05, 3.63) is 65.2 Å². The van der Waals surface area contributed by atoms with Crippen LogP contribution in [0.4, 0.5) is 13.6 Å². The van der Waals surface area contributed by atoms with Crippen molar-refractivity contribution >= 4 is 12.1 Å². The number of likely N-dealkylation sites (tertiary alicyclic amines) is 1. The SMILES string of the molecule is COc1cc(F)c([C@@H]2CN(C(=O)OC(C)(C)C)CCC2C(=O)OCc2ccccc2)c(F)c1. The molecule has 1 unspecified atom stereocenters. The molecule has 2 aromatic rings. The number of amides is 1. The fourth-order valence-electron chi connectivity index (χ4n) is 3.89. The summed E-state index contributed by atoms with van der Waals surface area (Å²) in [4.78, 5) is 27.0. The Morgan fingerprint density at radius 1 is 1.09 bits per heavy atom. The highest BCUT2D eigenvalue weighted by atomic mass is 19.1. The highest BCUT2D eigenvalue weighted by molar-refractivity contribution is 5.75. The van der Waals surface area contributed by atoms with E-state index in [0.29, 0.717) is 0 Å². The van der Waals surface area contributed by atoms with Gasteiger partial charge >= 0.3 is 12.1 Å². The first-order chi connectivity index (χ1) is 15.6. The van der Waals surface area contributed by atoms with Crippen LogP contribution in [0.3, 0.4) is 0 Å². The number of carbonyl (C=O) groups excluding carboxylic acids is 2. The zero-order valence-electron chi connectivity index (χ0n) is 19.3. The van der Waals surface area contributed by atoms with Gasteiger partial charge < -0.3 is 19.1 Å². The van der Waals surface area contributed by atoms with Crippen molar-refractivity contribution in [2.45, 2.75) is 45.3 Å². The number of esters is 1. The quantitative estimate of drug-likeness (QED) is 0.583. The molecule has 0 saturated carbocycles. The highest BCUT2D eigenvalue weighted by Gasteiger charge is 2.41. The standard InChI is InChI=1S/C25H29F2NO5/c1-25(2,3)33-24(30)28-11-10-18(23(29)32-15-16-8-6-5-7-9-16)19(14-28)22-20(26)12-17(31-4)13-21(22)27/h5-9,12-13,18-19H,10-11,14-15H2,1-4H3/t18?,19-/m1/s1. The van der Waals surface area contributed by atoms with Crippen molar-refractivity contribution in [2.75, 3.05) is 20.2 Å². The van der Waals surface area contributed by atoms with E-state index in [4.69, 9.17) is 14.2 Å².